The molecular formula is C16H23N3O2S. The van der Waals surface area contributed by atoms with Crippen molar-refractivity contribution >= 4 is 34.8 Å². The molecule has 0 aliphatic rings. The summed E-state index contributed by atoms with van der Waals surface area (Å²) in [5.74, 6) is -0.204. The molecule has 120 valence electrons. The number of carbonyl (C=O) groups is 2. The van der Waals surface area contributed by atoms with Crippen LogP contribution in [0, 0.1) is 0 Å². The van der Waals surface area contributed by atoms with E-state index in [1.165, 1.54) is 0 Å². The summed E-state index contributed by atoms with van der Waals surface area (Å²) in [6.07, 6.45) is 2.27. The fourth-order valence-electron chi connectivity index (χ4n) is 1.74. The summed E-state index contributed by atoms with van der Waals surface area (Å²) in [6.45, 7) is 5.85. The van der Waals surface area contributed by atoms with Gasteiger partial charge >= 0.3 is 0 Å². The summed E-state index contributed by atoms with van der Waals surface area (Å²) in [5.41, 5.74) is 1.30. The topological polar surface area (TPSA) is 70.2 Å². The lowest BCUT2D eigenvalue weighted by Gasteiger charge is -2.11. The Morgan fingerprint density at radius 1 is 1.18 bits per heavy atom. The van der Waals surface area contributed by atoms with Gasteiger partial charge in [-0.1, -0.05) is 13.3 Å². The molecule has 1 aromatic rings. The van der Waals surface area contributed by atoms with E-state index in [9.17, 15) is 9.59 Å². The molecule has 0 spiro atoms. The first-order chi connectivity index (χ1) is 10.4. The Labute approximate surface area is 136 Å². The van der Waals surface area contributed by atoms with Crippen LogP contribution in [0.4, 0.5) is 5.69 Å². The Hall–Kier alpha value is -1.95. The number of amides is 2. The van der Waals surface area contributed by atoms with E-state index < -0.39 is 0 Å². The fourth-order valence-corrected chi connectivity index (χ4v) is 1.97. The van der Waals surface area contributed by atoms with Crippen LogP contribution in [0.1, 0.15) is 50.4 Å². The first kappa shape index (κ1) is 18.1. The van der Waals surface area contributed by atoms with Gasteiger partial charge in [0, 0.05) is 23.7 Å². The third-order valence-electron chi connectivity index (χ3n) is 2.84. The minimum atomic E-state index is -0.114. The van der Waals surface area contributed by atoms with E-state index >= 15 is 0 Å². The van der Waals surface area contributed by atoms with Crippen molar-refractivity contribution in [1.29, 1.82) is 0 Å². The van der Waals surface area contributed by atoms with E-state index in [0.717, 1.165) is 18.5 Å². The molecule has 0 saturated carbocycles. The molecule has 0 unspecified atom stereocenters. The highest BCUT2D eigenvalue weighted by atomic mass is 32.1. The van der Waals surface area contributed by atoms with Gasteiger partial charge in [0.2, 0.25) is 5.91 Å². The first-order valence-corrected chi connectivity index (χ1v) is 7.85. The summed E-state index contributed by atoms with van der Waals surface area (Å²) in [5, 5.41) is 8.64. The van der Waals surface area contributed by atoms with E-state index in [1.54, 1.807) is 24.3 Å². The molecule has 0 aliphatic heterocycles. The Balaban J connectivity index is 2.51. The summed E-state index contributed by atoms with van der Waals surface area (Å²) in [6, 6.07) is 7.01. The van der Waals surface area contributed by atoms with Gasteiger partial charge < -0.3 is 16.0 Å². The van der Waals surface area contributed by atoms with Gasteiger partial charge in [-0.15, -0.1) is 0 Å². The number of nitrogens with one attached hydrogen (secondary N) is 3. The maximum absolute atomic E-state index is 11.8. The predicted molar refractivity (Wildman–Crippen MR) is 92.9 cm³/mol. The second-order valence-corrected chi connectivity index (χ2v) is 5.72. The number of benzene rings is 1. The Morgan fingerprint density at radius 3 is 2.36 bits per heavy atom. The summed E-state index contributed by atoms with van der Waals surface area (Å²) in [4.78, 5) is 23.4. The maximum Gasteiger partial charge on any atom is 0.251 e. The first-order valence-electron chi connectivity index (χ1n) is 7.44. The molecule has 0 aliphatic carbocycles. The van der Waals surface area contributed by atoms with Gasteiger partial charge in [-0.3, -0.25) is 9.59 Å². The molecule has 0 radical (unpaired) electrons. The highest BCUT2D eigenvalue weighted by Gasteiger charge is 2.07. The molecule has 1 rings (SSSR count). The van der Waals surface area contributed by atoms with Crippen molar-refractivity contribution in [2.45, 2.75) is 46.1 Å². The summed E-state index contributed by atoms with van der Waals surface area (Å²) < 4.78 is 0. The maximum atomic E-state index is 11.8. The van der Waals surface area contributed by atoms with Crippen LogP contribution in [-0.2, 0) is 4.79 Å². The number of unbranched alkanes of at least 4 members (excludes halogenated alkanes) is 1. The molecule has 0 atom stereocenters. The van der Waals surface area contributed by atoms with E-state index in [2.05, 4.69) is 16.0 Å². The minimum absolute atomic E-state index is 0.0905. The molecule has 2 amide bonds. The molecule has 0 aromatic heterocycles. The summed E-state index contributed by atoms with van der Waals surface area (Å²) in [7, 11) is 0. The molecule has 5 nitrogen and oxygen atoms in total. The lowest BCUT2D eigenvalue weighted by molar-refractivity contribution is -0.119. The highest BCUT2D eigenvalue weighted by Crippen LogP contribution is 2.09. The molecule has 0 heterocycles. The summed E-state index contributed by atoms with van der Waals surface area (Å²) >= 11 is 5.08. The molecule has 1 aromatic carbocycles. The number of thiocarbonyl (C=S) groups is 1. The Kier molecular flexibility index (Phi) is 7.52. The van der Waals surface area contributed by atoms with Crippen molar-refractivity contribution in [3.63, 3.8) is 0 Å². The van der Waals surface area contributed by atoms with Crippen LogP contribution in [0.3, 0.4) is 0 Å². The van der Waals surface area contributed by atoms with Crippen LogP contribution in [0.2, 0.25) is 0 Å². The van der Waals surface area contributed by atoms with Crippen LogP contribution in [0.25, 0.3) is 0 Å². The van der Waals surface area contributed by atoms with Gasteiger partial charge in [-0.25, -0.2) is 0 Å². The van der Waals surface area contributed by atoms with Crippen molar-refractivity contribution in [2.24, 2.45) is 0 Å². The molecular weight excluding hydrogens is 298 g/mol. The van der Waals surface area contributed by atoms with Gasteiger partial charge in [0.25, 0.3) is 5.91 Å². The van der Waals surface area contributed by atoms with Crippen LogP contribution in [0.5, 0.6) is 0 Å². The zero-order chi connectivity index (χ0) is 16.5. The zero-order valence-corrected chi connectivity index (χ0v) is 14.0. The molecule has 22 heavy (non-hydrogen) atoms. The van der Waals surface area contributed by atoms with Crippen molar-refractivity contribution in [3.05, 3.63) is 29.8 Å². The van der Waals surface area contributed by atoms with E-state index in [4.69, 9.17) is 12.2 Å². The molecule has 3 N–H and O–H groups in total. The number of hydrogen-bond donors (Lipinski definition) is 3. The van der Waals surface area contributed by atoms with Crippen molar-refractivity contribution in [2.75, 3.05) is 5.32 Å². The van der Waals surface area contributed by atoms with Gasteiger partial charge in [-0.05, 0) is 56.8 Å². The standard InChI is InChI=1S/C16H23N3O2S/c1-4-5-6-14(20)19-16(22)18-13-9-7-12(8-10-13)15(21)17-11(2)3/h7-11H,4-6H2,1-3H3,(H,17,21)(H2,18,19,20,22). The van der Waals surface area contributed by atoms with Gasteiger partial charge in [0.1, 0.15) is 0 Å². The van der Waals surface area contributed by atoms with E-state index in [1.807, 2.05) is 20.8 Å². The molecule has 6 heteroatoms. The fraction of sp³-hybridized carbons (Fsp3) is 0.438. The van der Waals surface area contributed by atoms with Crippen molar-refractivity contribution in [3.8, 4) is 0 Å². The van der Waals surface area contributed by atoms with Gasteiger partial charge in [-0.2, -0.15) is 0 Å². The average molecular weight is 321 g/mol. The Bertz CT molecular complexity index is 527. The number of anilines is 1. The van der Waals surface area contributed by atoms with E-state index in [-0.39, 0.29) is 23.0 Å². The monoisotopic (exact) mass is 321 g/mol. The number of rotatable bonds is 6. The van der Waals surface area contributed by atoms with Crippen LogP contribution in [0.15, 0.2) is 24.3 Å². The van der Waals surface area contributed by atoms with Gasteiger partial charge in [0.05, 0.1) is 0 Å². The lowest BCUT2D eigenvalue weighted by atomic mass is 10.2. The molecule has 0 fully saturated rings. The second kappa shape index (κ2) is 9.15. The number of hydrogen-bond acceptors (Lipinski definition) is 3. The number of carbonyl (C=O) groups excluding carboxylic acids is 2. The third-order valence-corrected chi connectivity index (χ3v) is 3.04. The normalized spacial score (nSPS) is 10.2. The van der Waals surface area contributed by atoms with Gasteiger partial charge in [0.15, 0.2) is 5.11 Å². The zero-order valence-electron chi connectivity index (χ0n) is 13.2. The molecule has 0 bridgehead atoms. The predicted octanol–water partition coefficient (Wildman–Crippen LogP) is 2.83. The quantitative estimate of drug-likeness (QED) is 0.705. The van der Waals surface area contributed by atoms with Crippen LogP contribution in [-0.4, -0.2) is 23.0 Å². The third kappa shape index (κ3) is 6.67. The highest BCUT2D eigenvalue weighted by molar-refractivity contribution is 7.80. The van der Waals surface area contributed by atoms with E-state index in [0.29, 0.717) is 12.0 Å². The smallest absolute Gasteiger partial charge is 0.251 e. The minimum Gasteiger partial charge on any atom is -0.350 e. The van der Waals surface area contributed by atoms with Crippen LogP contribution >= 0.6 is 12.2 Å². The molecule has 0 saturated heterocycles. The Morgan fingerprint density at radius 2 is 1.82 bits per heavy atom. The lowest BCUT2D eigenvalue weighted by Crippen LogP contribution is -2.34. The largest absolute Gasteiger partial charge is 0.350 e. The second-order valence-electron chi connectivity index (χ2n) is 5.31. The average Bonchev–Trinajstić information content (AvgIpc) is 2.45. The van der Waals surface area contributed by atoms with Crippen molar-refractivity contribution < 1.29 is 9.59 Å². The van der Waals surface area contributed by atoms with Crippen LogP contribution < -0.4 is 16.0 Å². The van der Waals surface area contributed by atoms with Crippen molar-refractivity contribution in [1.82, 2.24) is 10.6 Å². The SMILES string of the molecule is CCCCC(=O)NC(=S)Nc1ccc(C(=O)NC(C)C)cc1.